The summed E-state index contributed by atoms with van der Waals surface area (Å²) < 4.78 is 24.3. The molecule has 0 fully saturated rings. The maximum Gasteiger partial charge on any atom is 0.173 e. The Morgan fingerprint density at radius 2 is 2.06 bits per heavy atom. The van der Waals surface area contributed by atoms with Gasteiger partial charge in [0, 0.05) is 5.56 Å². The highest BCUT2D eigenvalue weighted by atomic mass is 32.2. The van der Waals surface area contributed by atoms with Crippen LogP contribution in [0.1, 0.15) is 5.01 Å². The smallest absolute Gasteiger partial charge is 0.173 e. The zero-order chi connectivity index (χ0) is 11.6. The SMILES string of the molecule is C=S(=O)(O)Cc1nc(-c2ccccc2)ns1. The largest absolute Gasteiger partial charge is 0.313 e. The van der Waals surface area contributed by atoms with Crippen LogP contribution in [0.4, 0.5) is 0 Å². The van der Waals surface area contributed by atoms with E-state index in [2.05, 4.69) is 15.2 Å². The van der Waals surface area contributed by atoms with E-state index in [1.807, 2.05) is 30.3 Å². The Hall–Kier alpha value is -1.24. The van der Waals surface area contributed by atoms with E-state index in [-0.39, 0.29) is 5.75 Å². The molecule has 0 saturated heterocycles. The fourth-order valence-corrected chi connectivity index (χ4v) is 2.89. The van der Waals surface area contributed by atoms with Gasteiger partial charge in [-0.25, -0.2) is 9.19 Å². The summed E-state index contributed by atoms with van der Waals surface area (Å²) in [5.74, 6) is 3.71. The van der Waals surface area contributed by atoms with Gasteiger partial charge >= 0.3 is 0 Å². The molecule has 0 spiro atoms. The Bertz CT molecular complexity index is 576. The van der Waals surface area contributed by atoms with E-state index in [9.17, 15) is 4.21 Å². The average molecular weight is 254 g/mol. The third-order valence-corrected chi connectivity index (χ3v) is 3.47. The Morgan fingerprint density at radius 3 is 2.69 bits per heavy atom. The highest BCUT2D eigenvalue weighted by Crippen LogP contribution is 2.18. The van der Waals surface area contributed by atoms with Crippen molar-refractivity contribution in [3.63, 3.8) is 0 Å². The predicted molar refractivity (Wildman–Crippen MR) is 66.9 cm³/mol. The van der Waals surface area contributed by atoms with Crippen LogP contribution in [0.3, 0.4) is 0 Å². The molecule has 84 valence electrons. The molecule has 0 bridgehead atoms. The maximum atomic E-state index is 11.1. The molecule has 4 nitrogen and oxygen atoms in total. The molecule has 6 heteroatoms. The maximum absolute atomic E-state index is 11.1. The van der Waals surface area contributed by atoms with Crippen LogP contribution in [0, 0.1) is 0 Å². The lowest BCUT2D eigenvalue weighted by atomic mass is 10.2. The summed E-state index contributed by atoms with van der Waals surface area (Å²) in [6.45, 7) is 0. The summed E-state index contributed by atoms with van der Waals surface area (Å²) in [7, 11) is -3.04. The molecule has 16 heavy (non-hydrogen) atoms. The molecule has 0 saturated carbocycles. The average Bonchev–Trinajstić information content (AvgIpc) is 2.65. The lowest BCUT2D eigenvalue weighted by Crippen LogP contribution is -2.00. The normalized spacial score (nSPS) is 14.6. The van der Waals surface area contributed by atoms with Crippen LogP contribution < -0.4 is 0 Å². The van der Waals surface area contributed by atoms with Crippen molar-refractivity contribution in [3.05, 3.63) is 35.3 Å². The molecule has 1 aromatic heterocycles. The van der Waals surface area contributed by atoms with E-state index in [1.165, 1.54) is 0 Å². The van der Waals surface area contributed by atoms with Crippen molar-refractivity contribution in [2.24, 2.45) is 0 Å². The molecular weight excluding hydrogens is 244 g/mol. The first-order chi connectivity index (χ1) is 7.54. The van der Waals surface area contributed by atoms with Gasteiger partial charge in [-0.1, -0.05) is 30.3 Å². The highest BCUT2D eigenvalue weighted by Gasteiger charge is 2.09. The molecule has 1 aromatic carbocycles. The van der Waals surface area contributed by atoms with Crippen molar-refractivity contribution >= 4 is 27.2 Å². The van der Waals surface area contributed by atoms with E-state index in [1.54, 1.807) is 0 Å². The predicted octanol–water partition coefficient (Wildman–Crippen LogP) is 1.89. The van der Waals surface area contributed by atoms with E-state index in [0.717, 1.165) is 17.1 Å². The second-order valence-electron chi connectivity index (χ2n) is 3.29. The molecule has 1 heterocycles. The van der Waals surface area contributed by atoms with Gasteiger partial charge in [0.1, 0.15) is 5.01 Å². The number of nitrogens with zero attached hydrogens (tertiary/aromatic N) is 2. The summed E-state index contributed by atoms with van der Waals surface area (Å²) in [5, 5.41) is 0.529. The topological polar surface area (TPSA) is 63.1 Å². The van der Waals surface area contributed by atoms with Gasteiger partial charge in [-0.2, -0.15) is 4.37 Å². The van der Waals surface area contributed by atoms with Crippen LogP contribution >= 0.6 is 11.5 Å². The zero-order valence-electron chi connectivity index (χ0n) is 8.37. The van der Waals surface area contributed by atoms with Crippen LogP contribution in [-0.2, 0) is 15.6 Å². The lowest BCUT2D eigenvalue weighted by molar-refractivity contribution is 0.559. The first kappa shape index (κ1) is 11.3. The van der Waals surface area contributed by atoms with Gasteiger partial charge in [-0.3, -0.25) is 0 Å². The second-order valence-corrected chi connectivity index (χ2v) is 5.96. The minimum absolute atomic E-state index is 0.0441. The summed E-state index contributed by atoms with van der Waals surface area (Å²) >= 11 is 1.13. The Balaban J connectivity index is 2.27. The van der Waals surface area contributed by atoms with E-state index in [4.69, 9.17) is 4.55 Å². The number of benzene rings is 1. The van der Waals surface area contributed by atoms with E-state index in [0.29, 0.717) is 10.8 Å². The van der Waals surface area contributed by atoms with Crippen molar-refractivity contribution in [2.75, 3.05) is 0 Å². The highest BCUT2D eigenvalue weighted by molar-refractivity contribution is 7.94. The molecular formula is C10H10N2O2S2. The molecule has 0 aliphatic rings. The molecule has 1 atom stereocenters. The van der Waals surface area contributed by atoms with Crippen LogP contribution in [-0.4, -0.2) is 24.0 Å². The molecule has 2 rings (SSSR count). The van der Waals surface area contributed by atoms with Gasteiger partial charge in [0.05, 0.1) is 15.6 Å². The van der Waals surface area contributed by atoms with Gasteiger partial charge in [0.2, 0.25) is 0 Å². The summed E-state index contributed by atoms with van der Waals surface area (Å²) in [6, 6.07) is 9.49. The summed E-state index contributed by atoms with van der Waals surface area (Å²) in [5.41, 5.74) is 0.901. The van der Waals surface area contributed by atoms with Crippen molar-refractivity contribution in [1.29, 1.82) is 0 Å². The molecule has 1 N–H and O–H groups in total. The third kappa shape index (κ3) is 2.88. The van der Waals surface area contributed by atoms with E-state index < -0.39 is 9.80 Å². The van der Waals surface area contributed by atoms with Crippen molar-refractivity contribution in [1.82, 2.24) is 9.36 Å². The minimum Gasteiger partial charge on any atom is -0.313 e. The second kappa shape index (κ2) is 4.32. The number of hydrogen-bond acceptors (Lipinski definition) is 4. The van der Waals surface area contributed by atoms with Crippen molar-refractivity contribution in [2.45, 2.75) is 5.75 Å². The molecule has 2 aromatic rings. The number of hydrogen-bond donors (Lipinski definition) is 1. The monoisotopic (exact) mass is 254 g/mol. The summed E-state index contributed by atoms with van der Waals surface area (Å²) in [4.78, 5) is 4.19. The first-order valence-electron chi connectivity index (χ1n) is 4.50. The fraction of sp³-hybridized carbons (Fsp3) is 0.100. The standard InChI is InChI=1S/C10H10N2O2S2/c1-16(13,14)7-9-11-10(12-15-9)8-5-3-2-4-6-8/h2-6H,1,7H2,(H,13,14). The van der Waals surface area contributed by atoms with Gasteiger partial charge in [-0.05, 0) is 17.4 Å². The number of aromatic nitrogens is 2. The van der Waals surface area contributed by atoms with Crippen molar-refractivity contribution in [3.8, 4) is 11.4 Å². The van der Waals surface area contributed by atoms with Crippen LogP contribution in [0.25, 0.3) is 11.4 Å². The van der Waals surface area contributed by atoms with Gasteiger partial charge in [-0.15, -0.1) is 0 Å². The van der Waals surface area contributed by atoms with Crippen molar-refractivity contribution < 1.29 is 8.76 Å². The minimum atomic E-state index is -3.04. The summed E-state index contributed by atoms with van der Waals surface area (Å²) in [6.07, 6.45) is 0. The molecule has 0 aliphatic heterocycles. The lowest BCUT2D eigenvalue weighted by Gasteiger charge is -1.95. The molecule has 0 amide bonds. The van der Waals surface area contributed by atoms with Gasteiger partial charge < -0.3 is 4.55 Å². The molecule has 1 unspecified atom stereocenters. The van der Waals surface area contributed by atoms with E-state index >= 15 is 0 Å². The molecule has 0 aliphatic carbocycles. The fourth-order valence-electron chi connectivity index (χ4n) is 1.21. The zero-order valence-corrected chi connectivity index (χ0v) is 10.0. The Kier molecular flexibility index (Phi) is 3.04. The van der Waals surface area contributed by atoms with Gasteiger partial charge in [0.25, 0.3) is 0 Å². The molecule has 0 radical (unpaired) electrons. The van der Waals surface area contributed by atoms with Crippen LogP contribution in [0.2, 0.25) is 0 Å². The Labute approximate surface area is 98.0 Å². The third-order valence-electron chi connectivity index (χ3n) is 1.85. The number of rotatable bonds is 3. The first-order valence-corrected chi connectivity index (χ1v) is 7.12. The van der Waals surface area contributed by atoms with Crippen LogP contribution in [0.15, 0.2) is 30.3 Å². The Morgan fingerprint density at radius 1 is 1.38 bits per heavy atom. The van der Waals surface area contributed by atoms with Crippen LogP contribution in [0.5, 0.6) is 0 Å². The quantitative estimate of drug-likeness (QED) is 0.850. The van der Waals surface area contributed by atoms with Gasteiger partial charge in [0.15, 0.2) is 5.82 Å².